The van der Waals surface area contributed by atoms with Crippen LogP contribution in [0.5, 0.6) is 0 Å². The van der Waals surface area contributed by atoms with Crippen LogP contribution in [-0.4, -0.2) is 43.4 Å². The van der Waals surface area contributed by atoms with Crippen molar-refractivity contribution in [2.45, 2.75) is 33.2 Å². The van der Waals surface area contributed by atoms with Crippen molar-refractivity contribution in [1.82, 2.24) is 19.4 Å². The molecule has 0 saturated heterocycles. The predicted molar refractivity (Wildman–Crippen MR) is 107 cm³/mol. The second kappa shape index (κ2) is 8.60. The number of carbonyl (C=O) groups is 1. The second-order valence-electron chi connectivity index (χ2n) is 6.55. The van der Waals surface area contributed by atoms with Crippen molar-refractivity contribution in [2.75, 3.05) is 13.1 Å². The van der Waals surface area contributed by atoms with Crippen molar-refractivity contribution in [3.63, 3.8) is 0 Å². The maximum absolute atomic E-state index is 12.9. The number of hydrogen-bond donors (Lipinski definition) is 0. The highest BCUT2D eigenvalue weighted by atomic mass is 16.6. The summed E-state index contributed by atoms with van der Waals surface area (Å²) in [4.78, 5) is 34.3. The van der Waals surface area contributed by atoms with Gasteiger partial charge >= 0.3 is 0 Å². The fourth-order valence-electron chi connectivity index (χ4n) is 3.20. The quantitative estimate of drug-likeness (QED) is 0.438. The van der Waals surface area contributed by atoms with Crippen LogP contribution in [0.3, 0.4) is 0 Å². The molecule has 0 aliphatic carbocycles. The van der Waals surface area contributed by atoms with Crippen LogP contribution >= 0.6 is 0 Å². The Kier molecular flexibility index (Phi) is 5.98. The predicted octanol–water partition coefficient (Wildman–Crippen LogP) is 3.66. The van der Waals surface area contributed by atoms with Gasteiger partial charge in [0.2, 0.25) is 5.91 Å². The molecule has 1 amide bonds. The summed E-state index contributed by atoms with van der Waals surface area (Å²) in [7, 11) is 0. The minimum atomic E-state index is -0.439. The Labute approximate surface area is 163 Å². The molecule has 0 unspecified atom stereocenters. The normalized spacial score (nSPS) is 10.9. The van der Waals surface area contributed by atoms with Gasteiger partial charge < -0.3 is 4.90 Å². The van der Waals surface area contributed by atoms with Crippen molar-refractivity contribution in [1.29, 1.82) is 0 Å². The van der Waals surface area contributed by atoms with Gasteiger partial charge in [0.15, 0.2) is 5.65 Å². The number of nitro benzene ring substituents is 1. The van der Waals surface area contributed by atoms with Gasteiger partial charge in [0.1, 0.15) is 17.9 Å². The Morgan fingerprint density at radius 2 is 1.82 bits per heavy atom. The van der Waals surface area contributed by atoms with Crippen LogP contribution < -0.4 is 0 Å². The Morgan fingerprint density at radius 1 is 1.14 bits per heavy atom. The molecule has 28 heavy (non-hydrogen) atoms. The number of aromatic nitrogens is 3. The van der Waals surface area contributed by atoms with E-state index >= 15 is 0 Å². The fourth-order valence-corrected chi connectivity index (χ4v) is 3.20. The van der Waals surface area contributed by atoms with Gasteiger partial charge in [-0.1, -0.05) is 13.8 Å². The molecule has 2 heterocycles. The van der Waals surface area contributed by atoms with Crippen LogP contribution in [0.15, 0.2) is 42.6 Å². The minimum Gasteiger partial charge on any atom is -0.341 e. The highest BCUT2D eigenvalue weighted by Gasteiger charge is 2.19. The number of imidazole rings is 1. The minimum absolute atomic E-state index is 0.0109. The largest absolute Gasteiger partial charge is 0.341 e. The summed E-state index contributed by atoms with van der Waals surface area (Å²) in [6.45, 7) is 5.64. The van der Waals surface area contributed by atoms with Gasteiger partial charge in [0.05, 0.1) is 4.92 Å². The summed E-state index contributed by atoms with van der Waals surface area (Å²) in [5.74, 6) is 0.585. The van der Waals surface area contributed by atoms with Crippen LogP contribution in [0, 0.1) is 10.1 Å². The molecule has 0 saturated carbocycles. The molecule has 0 aliphatic rings. The standard InChI is InChI=1S/C20H23N5O3/c1-3-12-23(13-4-2)18(26)14-24-19(22-17-6-5-11-21-20(17)24)15-7-9-16(10-8-15)25(27)28/h5-11H,3-4,12-14H2,1-2H3. The Balaban J connectivity index is 2.01. The number of carbonyl (C=O) groups excluding carboxylic acids is 1. The number of nitrogens with zero attached hydrogens (tertiary/aromatic N) is 5. The lowest BCUT2D eigenvalue weighted by Crippen LogP contribution is -2.35. The summed E-state index contributed by atoms with van der Waals surface area (Å²) >= 11 is 0. The van der Waals surface area contributed by atoms with E-state index in [1.54, 1.807) is 29.0 Å². The second-order valence-corrected chi connectivity index (χ2v) is 6.55. The number of amides is 1. The molecule has 146 valence electrons. The van der Waals surface area contributed by atoms with E-state index < -0.39 is 4.92 Å². The van der Waals surface area contributed by atoms with Gasteiger partial charge in [-0.15, -0.1) is 0 Å². The van der Waals surface area contributed by atoms with Crippen LogP contribution in [0.4, 0.5) is 5.69 Å². The van der Waals surface area contributed by atoms with E-state index in [2.05, 4.69) is 9.97 Å². The first-order valence-corrected chi connectivity index (χ1v) is 9.39. The number of benzene rings is 1. The topological polar surface area (TPSA) is 94.2 Å². The number of non-ortho nitro benzene ring substituents is 1. The molecule has 3 rings (SSSR count). The zero-order valence-electron chi connectivity index (χ0n) is 16.0. The molecule has 0 bridgehead atoms. The number of pyridine rings is 1. The Morgan fingerprint density at radius 3 is 2.43 bits per heavy atom. The van der Waals surface area contributed by atoms with E-state index in [-0.39, 0.29) is 18.1 Å². The molecule has 0 atom stereocenters. The van der Waals surface area contributed by atoms with Gasteiger partial charge in [-0.25, -0.2) is 9.97 Å². The fraction of sp³-hybridized carbons (Fsp3) is 0.350. The van der Waals surface area contributed by atoms with Crippen molar-refractivity contribution in [3.8, 4) is 11.4 Å². The molecule has 0 spiro atoms. The first-order chi connectivity index (χ1) is 13.5. The van der Waals surface area contributed by atoms with Crippen LogP contribution in [-0.2, 0) is 11.3 Å². The highest BCUT2D eigenvalue weighted by Crippen LogP contribution is 2.25. The van der Waals surface area contributed by atoms with Gasteiger partial charge in [-0.05, 0) is 37.1 Å². The van der Waals surface area contributed by atoms with Crippen molar-refractivity contribution >= 4 is 22.8 Å². The molecule has 3 aromatic rings. The lowest BCUT2D eigenvalue weighted by Gasteiger charge is -2.22. The molecule has 8 heteroatoms. The average Bonchev–Trinajstić information content (AvgIpc) is 3.06. The van der Waals surface area contributed by atoms with E-state index in [1.165, 1.54) is 12.1 Å². The molecule has 0 aliphatic heterocycles. The summed E-state index contributed by atoms with van der Waals surface area (Å²) in [6, 6.07) is 9.81. The maximum atomic E-state index is 12.9. The zero-order valence-corrected chi connectivity index (χ0v) is 16.0. The van der Waals surface area contributed by atoms with E-state index in [4.69, 9.17) is 0 Å². The van der Waals surface area contributed by atoms with Gasteiger partial charge in [-0.2, -0.15) is 0 Å². The molecule has 0 N–H and O–H groups in total. The number of rotatable bonds is 8. The van der Waals surface area contributed by atoms with Gasteiger partial charge in [0, 0.05) is 37.0 Å². The number of hydrogen-bond acceptors (Lipinski definition) is 5. The van der Waals surface area contributed by atoms with Crippen LogP contribution in [0.1, 0.15) is 26.7 Å². The van der Waals surface area contributed by atoms with Crippen molar-refractivity contribution < 1.29 is 9.72 Å². The number of fused-ring (bicyclic) bond motifs is 1. The average molecular weight is 381 g/mol. The molecular formula is C20H23N5O3. The SMILES string of the molecule is CCCN(CCC)C(=O)Cn1c(-c2ccc([N+](=O)[O-])cc2)nc2cccnc21. The smallest absolute Gasteiger partial charge is 0.269 e. The lowest BCUT2D eigenvalue weighted by atomic mass is 10.2. The molecular weight excluding hydrogens is 358 g/mol. The van der Waals surface area contributed by atoms with E-state index in [1.807, 2.05) is 24.8 Å². The van der Waals surface area contributed by atoms with Gasteiger partial charge in [0.25, 0.3) is 5.69 Å². The van der Waals surface area contributed by atoms with E-state index in [9.17, 15) is 14.9 Å². The lowest BCUT2D eigenvalue weighted by molar-refractivity contribution is -0.384. The summed E-state index contributed by atoms with van der Waals surface area (Å²) in [5.41, 5.74) is 2.02. The third kappa shape index (κ3) is 4.00. The van der Waals surface area contributed by atoms with Crippen molar-refractivity contribution in [2.24, 2.45) is 0 Å². The Hall–Kier alpha value is -3.29. The first kappa shape index (κ1) is 19.5. The van der Waals surface area contributed by atoms with E-state index in [0.29, 0.717) is 35.6 Å². The third-order valence-electron chi connectivity index (χ3n) is 4.47. The van der Waals surface area contributed by atoms with Crippen LogP contribution in [0.2, 0.25) is 0 Å². The molecule has 2 aromatic heterocycles. The monoisotopic (exact) mass is 381 g/mol. The summed E-state index contributed by atoms with van der Waals surface area (Å²) < 4.78 is 1.79. The van der Waals surface area contributed by atoms with Crippen LogP contribution in [0.25, 0.3) is 22.6 Å². The third-order valence-corrected chi connectivity index (χ3v) is 4.47. The molecule has 0 fully saturated rings. The zero-order chi connectivity index (χ0) is 20.1. The summed E-state index contributed by atoms with van der Waals surface area (Å²) in [6.07, 6.45) is 3.45. The Bertz CT molecular complexity index is 975. The van der Waals surface area contributed by atoms with E-state index in [0.717, 1.165) is 12.8 Å². The molecule has 0 radical (unpaired) electrons. The maximum Gasteiger partial charge on any atom is 0.269 e. The number of nitro groups is 1. The molecule has 8 nitrogen and oxygen atoms in total. The van der Waals surface area contributed by atoms with Gasteiger partial charge in [-0.3, -0.25) is 19.5 Å². The molecule has 1 aromatic carbocycles. The van der Waals surface area contributed by atoms with Crippen molar-refractivity contribution in [3.05, 3.63) is 52.7 Å². The highest BCUT2D eigenvalue weighted by molar-refractivity contribution is 5.82. The first-order valence-electron chi connectivity index (χ1n) is 9.39. The summed E-state index contributed by atoms with van der Waals surface area (Å²) in [5, 5.41) is 10.9.